The van der Waals surface area contributed by atoms with Gasteiger partial charge in [0.05, 0.1) is 0 Å². The monoisotopic (exact) mass is 155 g/mol. The lowest BCUT2D eigenvalue weighted by Crippen LogP contribution is -2.43. The lowest BCUT2D eigenvalue weighted by atomic mass is 10.3. The summed E-state index contributed by atoms with van der Waals surface area (Å²) in [4.78, 5) is 2.45. The smallest absolute Gasteiger partial charge is 0.0488 e. The summed E-state index contributed by atoms with van der Waals surface area (Å²) < 4.78 is 0. The molecule has 1 fully saturated rings. The second-order valence-electron chi connectivity index (χ2n) is 2.76. The van der Waals surface area contributed by atoms with E-state index in [-0.39, 0.29) is 0 Å². The Bertz CT molecular complexity index is 125. The van der Waals surface area contributed by atoms with Crippen molar-refractivity contribution in [2.45, 2.75) is 13.8 Å². The number of hydrogen-bond donors (Lipinski definition) is 0. The summed E-state index contributed by atoms with van der Waals surface area (Å²) in [7, 11) is 0. The van der Waals surface area contributed by atoms with E-state index in [1.165, 1.54) is 6.54 Å². The van der Waals surface area contributed by atoms with Crippen LogP contribution in [0.5, 0.6) is 0 Å². The molecule has 0 N–H and O–H groups in total. The summed E-state index contributed by atoms with van der Waals surface area (Å²) in [6, 6.07) is 0. The van der Waals surface area contributed by atoms with Gasteiger partial charge in [-0.15, -0.1) is 0 Å². The Kier molecular flexibility index (Phi) is 3.36. The molecule has 1 aliphatic heterocycles. The molecule has 0 aromatic carbocycles. The Morgan fingerprint density at radius 3 is 2.36 bits per heavy atom. The van der Waals surface area contributed by atoms with Crippen molar-refractivity contribution < 1.29 is 0 Å². The molecule has 1 heterocycles. The summed E-state index contributed by atoms with van der Waals surface area (Å²) in [5.41, 5.74) is 0. The highest BCUT2D eigenvalue weighted by atomic mass is 15.5. The Morgan fingerprint density at radius 2 is 1.91 bits per heavy atom. The predicted octanol–water partition coefficient (Wildman–Crippen LogP) is 0.630. The molecule has 0 saturated carbocycles. The molecule has 0 unspecified atom stereocenters. The minimum atomic E-state index is 1.08. The third kappa shape index (κ3) is 2.50. The molecular weight excluding hydrogens is 138 g/mol. The van der Waals surface area contributed by atoms with Gasteiger partial charge in [-0.25, -0.2) is 0 Å². The first kappa shape index (κ1) is 8.53. The van der Waals surface area contributed by atoms with E-state index in [1.807, 2.05) is 13.1 Å². The van der Waals surface area contributed by atoms with E-state index in [4.69, 9.17) is 0 Å². The molecule has 3 heteroatoms. The molecule has 11 heavy (non-hydrogen) atoms. The molecule has 64 valence electrons. The van der Waals surface area contributed by atoms with Gasteiger partial charge in [0, 0.05) is 32.4 Å². The van der Waals surface area contributed by atoms with Gasteiger partial charge in [-0.05, 0) is 13.5 Å². The van der Waals surface area contributed by atoms with E-state index >= 15 is 0 Å². The van der Waals surface area contributed by atoms with Crippen LogP contribution in [0.25, 0.3) is 0 Å². The van der Waals surface area contributed by atoms with Crippen LogP contribution in [0.2, 0.25) is 0 Å². The van der Waals surface area contributed by atoms with E-state index in [9.17, 15) is 0 Å². The summed E-state index contributed by atoms with van der Waals surface area (Å²) in [5, 5.41) is 6.37. The topological polar surface area (TPSA) is 18.8 Å². The molecule has 0 bridgehead atoms. The predicted molar refractivity (Wildman–Crippen MR) is 47.9 cm³/mol. The lowest BCUT2D eigenvalue weighted by Gasteiger charge is -2.31. The number of rotatable bonds is 2. The normalized spacial score (nSPS) is 21.5. The van der Waals surface area contributed by atoms with Gasteiger partial charge in [0.15, 0.2) is 0 Å². The first-order valence-corrected chi connectivity index (χ1v) is 4.32. The summed E-state index contributed by atoms with van der Waals surface area (Å²) in [5.74, 6) is 0. The van der Waals surface area contributed by atoms with Crippen LogP contribution in [0.1, 0.15) is 13.8 Å². The van der Waals surface area contributed by atoms with Gasteiger partial charge in [0.2, 0.25) is 0 Å². The van der Waals surface area contributed by atoms with Gasteiger partial charge in [0.1, 0.15) is 0 Å². The SMILES string of the molecule is C/C=N/N1CCN(CC)CC1. The van der Waals surface area contributed by atoms with Crippen LogP contribution in [-0.4, -0.2) is 48.8 Å². The van der Waals surface area contributed by atoms with E-state index < -0.39 is 0 Å². The van der Waals surface area contributed by atoms with Crippen molar-refractivity contribution in [1.82, 2.24) is 9.91 Å². The first-order valence-electron chi connectivity index (χ1n) is 4.32. The molecule has 3 nitrogen and oxygen atoms in total. The molecule has 0 aromatic heterocycles. The fourth-order valence-electron chi connectivity index (χ4n) is 1.33. The third-order valence-corrected chi connectivity index (χ3v) is 2.07. The molecule has 0 amide bonds. The maximum atomic E-state index is 4.23. The van der Waals surface area contributed by atoms with E-state index in [0.29, 0.717) is 0 Å². The van der Waals surface area contributed by atoms with Gasteiger partial charge in [-0.1, -0.05) is 6.92 Å². The average Bonchev–Trinajstić information content (AvgIpc) is 2.07. The van der Waals surface area contributed by atoms with Crippen LogP contribution >= 0.6 is 0 Å². The van der Waals surface area contributed by atoms with Crippen molar-refractivity contribution >= 4 is 6.21 Å². The van der Waals surface area contributed by atoms with Gasteiger partial charge in [-0.3, -0.25) is 9.91 Å². The molecule has 0 aromatic rings. The molecule has 0 radical (unpaired) electrons. The van der Waals surface area contributed by atoms with Crippen LogP contribution in [-0.2, 0) is 0 Å². The van der Waals surface area contributed by atoms with Crippen molar-refractivity contribution in [1.29, 1.82) is 0 Å². The maximum absolute atomic E-state index is 4.23. The lowest BCUT2D eigenvalue weighted by molar-refractivity contribution is 0.142. The summed E-state index contributed by atoms with van der Waals surface area (Å²) in [6.45, 7) is 9.83. The molecule has 0 aliphatic carbocycles. The quantitative estimate of drug-likeness (QED) is 0.545. The molecule has 0 atom stereocenters. The number of piperazine rings is 1. The molecular formula is C8H17N3. The maximum Gasteiger partial charge on any atom is 0.0488 e. The Morgan fingerprint density at radius 1 is 1.27 bits per heavy atom. The van der Waals surface area contributed by atoms with Crippen LogP contribution < -0.4 is 0 Å². The number of nitrogens with zero attached hydrogens (tertiary/aromatic N) is 3. The van der Waals surface area contributed by atoms with Crippen molar-refractivity contribution in [3.63, 3.8) is 0 Å². The highest BCUT2D eigenvalue weighted by Crippen LogP contribution is 2.00. The largest absolute Gasteiger partial charge is 0.300 e. The Hall–Kier alpha value is -0.570. The van der Waals surface area contributed by atoms with Crippen LogP contribution in [0.3, 0.4) is 0 Å². The zero-order valence-electron chi connectivity index (χ0n) is 7.45. The fraction of sp³-hybridized carbons (Fsp3) is 0.875. The Labute approximate surface area is 68.7 Å². The number of hydrogen-bond acceptors (Lipinski definition) is 3. The van der Waals surface area contributed by atoms with Crippen LogP contribution in [0.4, 0.5) is 0 Å². The van der Waals surface area contributed by atoms with E-state index in [2.05, 4.69) is 21.9 Å². The van der Waals surface area contributed by atoms with Gasteiger partial charge < -0.3 is 0 Å². The zero-order valence-corrected chi connectivity index (χ0v) is 7.45. The first-order chi connectivity index (χ1) is 5.36. The van der Waals surface area contributed by atoms with Crippen molar-refractivity contribution in [2.24, 2.45) is 5.10 Å². The summed E-state index contributed by atoms with van der Waals surface area (Å²) >= 11 is 0. The molecule has 0 spiro atoms. The van der Waals surface area contributed by atoms with Gasteiger partial charge in [-0.2, -0.15) is 5.10 Å². The fourth-order valence-corrected chi connectivity index (χ4v) is 1.33. The molecule has 1 saturated heterocycles. The van der Waals surface area contributed by atoms with E-state index in [0.717, 1.165) is 26.2 Å². The van der Waals surface area contributed by atoms with Gasteiger partial charge >= 0.3 is 0 Å². The molecule has 1 aliphatic rings. The van der Waals surface area contributed by atoms with Gasteiger partial charge in [0.25, 0.3) is 0 Å². The number of likely N-dealkylation sites (N-methyl/N-ethyl adjacent to an activating group) is 1. The van der Waals surface area contributed by atoms with Crippen molar-refractivity contribution in [3.05, 3.63) is 0 Å². The minimum absolute atomic E-state index is 1.08. The van der Waals surface area contributed by atoms with Crippen LogP contribution in [0.15, 0.2) is 5.10 Å². The van der Waals surface area contributed by atoms with Crippen LogP contribution in [0, 0.1) is 0 Å². The Balaban J connectivity index is 2.24. The third-order valence-electron chi connectivity index (χ3n) is 2.07. The zero-order chi connectivity index (χ0) is 8.10. The minimum Gasteiger partial charge on any atom is -0.300 e. The van der Waals surface area contributed by atoms with E-state index in [1.54, 1.807) is 0 Å². The second kappa shape index (κ2) is 4.34. The van der Waals surface area contributed by atoms with Crippen molar-refractivity contribution in [3.8, 4) is 0 Å². The standard InChI is InChI=1S/C8H17N3/c1-3-9-11-7-5-10(4-2)6-8-11/h3H,4-8H2,1-2H3/b9-3+. The molecule has 1 rings (SSSR count). The highest BCUT2D eigenvalue weighted by Gasteiger charge is 2.12. The highest BCUT2D eigenvalue weighted by molar-refractivity contribution is 5.52. The number of hydrazone groups is 1. The van der Waals surface area contributed by atoms with Crippen molar-refractivity contribution in [2.75, 3.05) is 32.7 Å². The average molecular weight is 155 g/mol. The second-order valence-corrected chi connectivity index (χ2v) is 2.76. The summed E-state index contributed by atoms with van der Waals surface area (Å²) in [6.07, 6.45) is 1.86.